The molecule has 4 atom stereocenters. The van der Waals surface area contributed by atoms with Gasteiger partial charge in [-0.05, 0) is 12.0 Å². The van der Waals surface area contributed by atoms with Crippen LogP contribution in [0.4, 0.5) is 0 Å². The number of carboxylic acids is 1. The minimum Gasteiger partial charge on any atom is -0.481 e. The summed E-state index contributed by atoms with van der Waals surface area (Å²) in [6.07, 6.45) is 0.649. The second-order valence-corrected chi connectivity index (χ2v) is 5.35. The van der Waals surface area contributed by atoms with Crippen LogP contribution in [0.15, 0.2) is 30.3 Å². The third-order valence-electron chi connectivity index (χ3n) is 4.00. The van der Waals surface area contributed by atoms with E-state index < -0.39 is 11.9 Å². The molecule has 4 heteroatoms. The van der Waals surface area contributed by atoms with Crippen molar-refractivity contribution in [3.8, 4) is 0 Å². The van der Waals surface area contributed by atoms with Crippen LogP contribution in [-0.2, 0) is 20.9 Å². The van der Waals surface area contributed by atoms with Crippen molar-refractivity contribution in [2.24, 2.45) is 11.8 Å². The van der Waals surface area contributed by atoms with Gasteiger partial charge in [0.25, 0.3) is 0 Å². The van der Waals surface area contributed by atoms with Crippen LogP contribution in [0, 0.1) is 11.8 Å². The molecule has 1 fully saturated rings. The Morgan fingerprint density at radius 1 is 1.40 bits per heavy atom. The van der Waals surface area contributed by atoms with Gasteiger partial charge in [0, 0.05) is 5.92 Å². The van der Waals surface area contributed by atoms with Crippen molar-refractivity contribution >= 4 is 5.97 Å². The van der Waals surface area contributed by atoms with Gasteiger partial charge in [-0.1, -0.05) is 44.2 Å². The summed E-state index contributed by atoms with van der Waals surface area (Å²) in [5, 5.41) is 9.32. The van der Waals surface area contributed by atoms with E-state index in [0.29, 0.717) is 6.61 Å². The number of rotatable bonds is 5. The van der Waals surface area contributed by atoms with Crippen LogP contribution in [0.5, 0.6) is 0 Å². The number of benzene rings is 1. The minimum atomic E-state index is -0.843. The molecular formula is C16H22O4. The largest absolute Gasteiger partial charge is 0.481 e. The van der Waals surface area contributed by atoms with Crippen LogP contribution in [0.1, 0.15) is 25.8 Å². The third-order valence-corrected chi connectivity index (χ3v) is 4.00. The molecule has 1 N–H and O–H groups in total. The van der Waals surface area contributed by atoms with Crippen molar-refractivity contribution < 1.29 is 19.4 Å². The molecule has 0 radical (unpaired) electrons. The van der Waals surface area contributed by atoms with E-state index in [1.807, 2.05) is 37.3 Å². The Morgan fingerprint density at radius 2 is 2.10 bits per heavy atom. The van der Waals surface area contributed by atoms with Gasteiger partial charge < -0.3 is 14.6 Å². The Balaban J connectivity index is 2.05. The zero-order chi connectivity index (χ0) is 14.5. The molecule has 2 rings (SSSR count). The molecule has 0 spiro atoms. The van der Waals surface area contributed by atoms with Crippen LogP contribution in [0.3, 0.4) is 0 Å². The standard InChI is InChI=1S/C16H22O4/c1-3-14-11(2)15(13(10-19-14)16(17)18)20-9-12-7-5-4-6-8-12/h4-8,11,13-15H,3,9-10H2,1-2H3,(H,17,18)/t11-,13+,14+,15-/m0/s1. The highest BCUT2D eigenvalue weighted by Gasteiger charge is 2.41. The fourth-order valence-electron chi connectivity index (χ4n) is 2.79. The van der Waals surface area contributed by atoms with E-state index in [2.05, 4.69) is 6.92 Å². The molecular weight excluding hydrogens is 256 g/mol. The van der Waals surface area contributed by atoms with Crippen LogP contribution in [0.2, 0.25) is 0 Å². The molecule has 20 heavy (non-hydrogen) atoms. The zero-order valence-electron chi connectivity index (χ0n) is 12.0. The summed E-state index contributed by atoms with van der Waals surface area (Å²) < 4.78 is 11.6. The Hall–Kier alpha value is -1.39. The highest BCUT2D eigenvalue weighted by molar-refractivity contribution is 5.71. The number of carbonyl (C=O) groups is 1. The van der Waals surface area contributed by atoms with Gasteiger partial charge in [0.2, 0.25) is 0 Å². The molecule has 0 aromatic heterocycles. The van der Waals surface area contributed by atoms with Crippen LogP contribution >= 0.6 is 0 Å². The normalized spacial score (nSPS) is 30.1. The monoisotopic (exact) mass is 278 g/mol. The predicted octanol–water partition coefficient (Wildman–Crippen LogP) is 2.72. The minimum absolute atomic E-state index is 0.0753. The van der Waals surface area contributed by atoms with Crippen molar-refractivity contribution in [1.82, 2.24) is 0 Å². The molecule has 1 heterocycles. The molecule has 110 valence electrons. The van der Waals surface area contributed by atoms with Gasteiger partial charge in [-0.2, -0.15) is 0 Å². The number of hydrogen-bond acceptors (Lipinski definition) is 3. The van der Waals surface area contributed by atoms with E-state index in [9.17, 15) is 9.90 Å². The summed E-state index contributed by atoms with van der Waals surface area (Å²) >= 11 is 0. The SMILES string of the molecule is CC[C@H]1OC[C@@H](C(=O)O)[C@@H](OCc2ccccc2)[C@H]1C. The number of ether oxygens (including phenoxy) is 2. The maximum Gasteiger partial charge on any atom is 0.311 e. The smallest absolute Gasteiger partial charge is 0.311 e. The van der Waals surface area contributed by atoms with Crippen LogP contribution in [0.25, 0.3) is 0 Å². The lowest BCUT2D eigenvalue weighted by molar-refractivity contribution is -0.178. The highest BCUT2D eigenvalue weighted by Crippen LogP contribution is 2.30. The molecule has 1 aliphatic heterocycles. The quantitative estimate of drug-likeness (QED) is 0.899. The first-order valence-corrected chi connectivity index (χ1v) is 7.13. The first-order chi connectivity index (χ1) is 9.63. The van der Waals surface area contributed by atoms with Gasteiger partial charge in [0.05, 0.1) is 25.4 Å². The molecule has 0 bridgehead atoms. The Labute approximate surface area is 119 Å². The van der Waals surface area contributed by atoms with Gasteiger partial charge in [-0.3, -0.25) is 4.79 Å². The number of carboxylic acid groups (broad SMARTS) is 1. The third kappa shape index (κ3) is 3.38. The van der Waals surface area contributed by atoms with Crippen molar-refractivity contribution in [3.63, 3.8) is 0 Å². The lowest BCUT2D eigenvalue weighted by Crippen LogP contribution is -2.48. The van der Waals surface area contributed by atoms with Crippen molar-refractivity contribution in [3.05, 3.63) is 35.9 Å². The molecule has 1 aliphatic rings. The lowest BCUT2D eigenvalue weighted by Gasteiger charge is -2.39. The second-order valence-electron chi connectivity index (χ2n) is 5.35. The fourth-order valence-corrected chi connectivity index (χ4v) is 2.79. The van der Waals surface area contributed by atoms with E-state index in [0.717, 1.165) is 12.0 Å². The predicted molar refractivity (Wildman–Crippen MR) is 75.3 cm³/mol. The van der Waals surface area contributed by atoms with E-state index in [4.69, 9.17) is 9.47 Å². The first kappa shape index (κ1) is 15.0. The maximum absolute atomic E-state index is 11.4. The molecule has 4 nitrogen and oxygen atoms in total. The molecule has 0 saturated carbocycles. The number of aliphatic carboxylic acids is 1. The summed E-state index contributed by atoms with van der Waals surface area (Å²) in [5.74, 6) is -1.35. The van der Waals surface area contributed by atoms with Crippen molar-refractivity contribution in [2.75, 3.05) is 6.61 Å². The Bertz CT molecular complexity index is 431. The van der Waals surface area contributed by atoms with E-state index in [1.165, 1.54) is 0 Å². The first-order valence-electron chi connectivity index (χ1n) is 7.13. The molecule has 1 saturated heterocycles. The van der Waals surface area contributed by atoms with Gasteiger partial charge in [-0.25, -0.2) is 0 Å². The summed E-state index contributed by atoms with van der Waals surface area (Å²) in [5.41, 5.74) is 1.06. The summed E-state index contributed by atoms with van der Waals surface area (Å²) in [6.45, 7) is 4.74. The Kier molecular flexibility index (Phi) is 5.15. The van der Waals surface area contributed by atoms with Gasteiger partial charge in [-0.15, -0.1) is 0 Å². The summed E-state index contributed by atoms with van der Waals surface area (Å²) in [7, 11) is 0. The summed E-state index contributed by atoms with van der Waals surface area (Å²) in [4.78, 5) is 11.4. The van der Waals surface area contributed by atoms with E-state index in [-0.39, 0.29) is 24.7 Å². The van der Waals surface area contributed by atoms with Crippen molar-refractivity contribution in [1.29, 1.82) is 0 Å². The molecule has 0 amide bonds. The van der Waals surface area contributed by atoms with Crippen LogP contribution in [-0.4, -0.2) is 29.9 Å². The average Bonchev–Trinajstić information content (AvgIpc) is 2.46. The molecule has 1 aromatic rings. The molecule has 0 aliphatic carbocycles. The van der Waals surface area contributed by atoms with E-state index in [1.54, 1.807) is 0 Å². The van der Waals surface area contributed by atoms with Gasteiger partial charge in [0.1, 0.15) is 5.92 Å². The van der Waals surface area contributed by atoms with Crippen LogP contribution < -0.4 is 0 Å². The maximum atomic E-state index is 11.4. The summed E-state index contributed by atoms with van der Waals surface area (Å²) in [6, 6.07) is 9.83. The van der Waals surface area contributed by atoms with Gasteiger partial charge >= 0.3 is 5.97 Å². The molecule has 0 unspecified atom stereocenters. The number of hydrogen-bond donors (Lipinski definition) is 1. The molecule has 1 aromatic carbocycles. The zero-order valence-corrected chi connectivity index (χ0v) is 12.0. The fraction of sp³-hybridized carbons (Fsp3) is 0.562. The highest BCUT2D eigenvalue weighted by atomic mass is 16.5. The van der Waals surface area contributed by atoms with E-state index >= 15 is 0 Å². The van der Waals surface area contributed by atoms with Gasteiger partial charge in [0.15, 0.2) is 0 Å². The second kappa shape index (κ2) is 6.86. The topological polar surface area (TPSA) is 55.8 Å². The van der Waals surface area contributed by atoms with Crippen molar-refractivity contribution in [2.45, 2.75) is 39.1 Å². The lowest BCUT2D eigenvalue weighted by atomic mass is 9.84. The Morgan fingerprint density at radius 3 is 2.70 bits per heavy atom. The average molecular weight is 278 g/mol.